The molecule has 0 aromatic rings. The SMILES string of the molecule is CCOC(=O)/C(=N\O)C(CC(C)=O)C(C)CC. The number of ether oxygens (including phenoxy) is 1. The molecule has 5 heteroatoms. The second kappa shape index (κ2) is 7.81. The molecular weight excluding hydrogens is 222 g/mol. The van der Waals surface area contributed by atoms with Crippen LogP contribution >= 0.6 is 0 Å². The first-order chi connectivity index (χ1) is 7.97. The molecule has 2 unspecified atom stereocenters. The molecule has 2 atom stereocenters. The van der Waals surface area contributed by atoms with Gasteiger partial charge in [0.15, 0.2) is 5.71 Å². The zero-order valence-electron chi connectivity index (χ0n) is 10.9. The van der Waals surface area contributed by atoms with Crippen molar-refractivity contribution in [2.45, 2.75) is 40.5 Å². The molecule has 0 aromatic heterocycles. The number of carbonyl (C=O) groups excluding carboxylic acids is 2. The van der Waals surface area contributed by atoms with Crippen molar-refractivity contribution in [2.24, 2.45) is 17.0 Å². The van der Waals surface area contributed by atoms with E-state index in [-0.39, 0.29) is 36.4 Å². The molecule has 0 saturated heterocycles. The van der Waals surface area contributed by atoms with E-state index in [0.717, 1.165) is 6.42 Å². The Morgan fingerprint density at radius 1 is 1.35 bits per heavy atom. The first-order valence-electron chi connectivity index (χ1n) is 5.86. The molecule has 17 heavy (non-hydrogen) atoms. The number of carbonyl (C=O) groups is 2. The third-order valence-electron chi connectivity index (χ3n) is 2.78. The number of Topliss-reactive ketones (excluding diaryl/α,β-unsaturated/α-hetero) is 1. The molecule has 0 amide bonds. The van der Waals surface area contributed by atoms with Gasteiger partial charge >= 0.3 is 5.97 Å². The van der Waals surface area contributed by atoms with Gasteiger partial charge in [0.25, 0.3) is 0 Å². The molecule has 0 aliphatic rings. The van der Waals surface area contributed by atoms with Gasteiger partial charge in [0.05, 0.1) is 6.61 Å². The minimum atomic E-state index is -0.651. The van der Waals surface area contributed by atoms with Crippen LogP contribution in [-0.4, -0.2) is 29.3 Å². The molecule has 98 valence electrons. The fraction of sp³-hybridized carbons (Fsp3) is 0.750. The standard InChI is InChI=1S/C12H21NO4/c1-5-8(3)10(7-9(4)14)11(13-16)12(15)17-6-2/h8,10,16H,5-7H2,1-4H3/b13-11-. The maximum atomic E-state index is 11.6. The average Bonchev–Trinajstić information content (AvgIpc) is 2.27. The number of esters is 1. The van der Waals surface area contributed by atoms with Gasteiger partial charge in [-0.3, -0.25) is 0 Å². The lowest BCUT2D eigenvalue weighted by Crippen LogP contribution is -2.32. The number of rotatable bonds is 7. The molecule has 0 aliphatic heterocycles. The van der Waals surface area contributed by atoms with Crippen LogP contribution in [-0.2, 0) is 14.3 Å². The molecule has 1 N–H and O–H groups in total. The molecule has 5 nitrogen and oxygen atoms in total. The number of nitrogens with zero attached hydrogens (tertiary/aromatic N) is 1. The number of hydrogen-bond donors (Lipinski definition) is 1. The number of oxime groups is 1. The number of ketones is 1. The van der Waals surface area contributed by atoms with Crippen LogP contribution < -0.4 is 0 Å². The third-order valence-corrected chi connectivity index (χ3v) is 2.78. The van der Waals surface area contributed by atoms with E-state index < -0.39 is 5.97 Å². The lowest BCUT2D eigenvalue weighted by molar-refractivity contribution is -0.135. The minimum Gasteiger partial charge on any atom is -0.461 e. The summed E-state index contributed by atoms with van der Waals surface area (Å²) in [6.45, 7) is 7.22. The Hall–Kier alpha value is -1.39. The van der Waals surface area contributed by atoms with E-state index in [1.54, 1.807) is 6.92 Å². The van der Waals surface area contributed by atoms with Crippen molar-refractivity contribution in [1.29, 1.82) is 0 Å². The van der Waals surface area contributed by atoms with Crippen molar-refractivity contribution in [2.75, 3.05) is 6.61 Å². The van der Waals surface area contributed by atoms with Crippen molar-refractivity contribution >= 4 is 17.5 Å². The molecular formula is C12H21NO4. The smallest absolute Gasteiger partial charge is 0.356 e. The van der Waals surface area contributed by atoms with Crippen LogP contribution in [0.2, 0.25) is 0 Å². The molecule has 0 rings (SSSR count). The summed E-state index contributed by atoms with van der Waals surface area (Å²) in [5, 5.41) is 11.9. The quantitative estimate of drug-likeness (QED) is 0.321. The van der Waals surface area contributed by atoms with Gasteiger partial charge in [-0.2, -0.15) is 0 Å². The van der Waals surface area contributed by atoms with E-state index in [4.69, 9.17) is 9.94 Å². The van der Waals surface area contributed by atoms with E-state index >= 15 is 0 Å². The molecule has 0 fully saturated rings. The fourth-order valence-electron chi connectivity index (χ4n) is 1.63. The zero-order valence-corrected chi connectivity index (χ0v) is 10.9. The zero-order chi connectivity index (χ0) is 13.4. The Morgan fingerprint density at radius 2 is 1.94 bits per heavy atom. The van der Waals surface area contributed by atoms with E-state index in [1.807, 2.05) is 13.8 Å². The summed E-state index contributed by atoms with van der Waals surface area (Å²) in [5.74, 6) is -1.00. The molecule has 0 heterocycles. The highest BCUT2D eigenvalue weighted by Crippen LogP contribution is 2.22. The molecule has 0 bridgehead atoms. The molecule has 0 radical (unpaired) electrons. The molecule has 0 aromatic carbocycles. The molecule has 0 aliphatic carbocycles. The van der Waals surface area contributed by atoms with Crippen LogP contribution in [0.25, 0.3) is 0 Å². The Labute approximate surface area is 102 Å². The van der Waals surface area contributed by atoms with Crippen molar-refractivity contribution in [1.82, 2.24) is 0 Å². The Kier molecular flexibility index (Phi) is 7.18. The van der Waals surface area contributed by atoms with Crippen molar-refractivity contribution < 1.29 is 19.5 Å². The Morgan fingerprint density at radius 3 is 2.29 bits per heavy atom. The molecule has 0 saturated carbocycles. The monoisotopic (exact) mass is 243 g/mol. The van der Waals surface area contributed by atoms with Gasteiger partial charge in [-0.1, -0.05) is 25.4 Å². The fourth-order valence-corrected chi connectivity index (χ4v) is 1.63. The van der Waals surface area contributed by atoms with Gasteiger partial charge in [-0.05, 0) is 19.8 Å². The van der Waals surface area contributed by atoms with Crippen LogP contribution in [0.5, 0.6) is 0 Å². The highest BCUT2D eigenvalue weighted by Gasteiger charge is 2.30. The van der Waals surface area contributed by atoms with Gasteiger partial charge in [0, 0.05) is 12.3 Å². The van der Waals surface area contributed by atoms with E-state index in [0.29, 0.717) is 0 Å². The normalized spacial score (nSPS) is 15.2. The maximum absolute atomic E-state index is 11.6. The van der Waals surface area contributed by atoms with E-state index in [9.17, 15) is 9.59 Å². The van der Waals surface area contributed by atoms with Crippen molar-refractivity contribution in [3.63, 3.8) is 0 Å². The van der Waals surface area contributed by atoms with Crippen LogP contribution in [0.15, 0.2) is 5.16 Å². The summed E-state index contributed by atoms with van der Waals surface area (Å²) in [4.78, 5) is 22.8. The van der Waals surface area contributed by atoms with Gasteiger partial charge < -0.3 is 14.7 Å². The van der Waals surface area contributed by atoms with Crippen LogP contribution in [0.3, 0.4) is 0 Å². The lowest BCUT2D eigenvalue weighted by Gasteiger charge is -2.21. The summed E-state index contributed by atoms with van der Waals surface area (Å²) < 4.78 is 4.81. The second-order valence-corrected chi connectivity index (χ2v) is 4.10. The Bertz CT molecular complexity index is 299. The first kappa shape index (κ1) is 15.6. The Balaban J connectivity index is 4.98. The predicted octanol–water partition coefficient (Wildman–Crippen LogP) is 2.02. The predicted molar refractivity (Wildman–Crippen MR) is 64.1 cm³/mol. The lowest BCUT2D eigenvalue weighted by atomic mass is 9.84. The van der Waals surface area contributed by atoms with Gasteiger partial charge in [0.2, 0.25) is 0 Å². The maximum Gasteiger partial charge on any atom is 0.356 e. The first-order valence-corrected chi connectivity index (χ1v) is 5.86. The highest BCUT2D eigenvalue weighted by molar-refractivity contribution is 6.37. The summed E-state index contributed by atoms with van der Waals surface area (Å²) >= 11 is 0. The van der Waals surface area contributed by atoms with Gasteiger partial charge in [0.1, 0.15) is 5.78 Å². The summed E-state index contributed by atoms with van der Waals surface area (Å²) in [6.07, 6.45) is 0.976. The summed E-state index contributed by atoms with van der Waals surface area (Å²) in [6, 6.07) is 0. The third kappa shape index (κ3) is 4.97. The second-order valence-electron chi connectivity index (χ2n) is 4.10. The minimum absolute atomic E-state index is 0.0410. The van der Waals surface area contributed by atoms with E-state index in [1.165, 1.54) is 6.92 Å². The molecule has 0 spiro atoms. The largest absolute Gasteiger partial charge is 0.461 e. The summed E-state index contributed by atoms with van der Waals surface area (Å²) in [5.41, 5.74) is -0.0589. The average molecular weight is 243 g/mol. The van der Waals surface area contributed by atoms with Crippen LogP contribution in [0.4, 0.5) is 0 Å². The topological polar surface area (TPSA) is 76.0 Å². The number of hydrogen-bond acceptors (Lipinski definition) is 5. The summed E-state index contributed by atoms with van der Waals surface area (Å²) in [7, 11) is 0. The van der Waals surface area contributed by atoms with Crippen molar-refractivity contribution in [3.8, 4) is 0 Å². The van der Waals surface area contributed by atoms with Gasteiger partial charge in [-0.15, -0.1) is 0 Å². The van der Waals surface area contributed by atoms with Crippen LogP contribution in [0, 0.1) is 11.8 Å². The highest BCUT2D eigenvalue weighted by atomic mass is 16.5. The van der Waals surface area contributed by atoms with Gasteiger partial charge in [-0.25, -0.2) is 4.79 Å². The van der Waals surface area contributed by atoms with Crippen LogP contribution in [0.1, 0.15) is 40.5 Å². The van der Waals surface area contributed by atoms with E-state index in [2.05, 4.69) is 5.16 Å². The van der Waals surface area contributed by atoms with Crippen molar-refractivity contribution in [3.05, 3.63) is 0 Å².